The molecule has 0 amide bonds. The number of carbonyl (C=O) groups is 2. The molecule has 0 radical (unpaired) electrons. The fourth-order valence-electron chi connectivity index (χ4n) is 3.51. The molecule has 0 saturated heterocycles. The van der Waals surface area contributed by atoms with Gasteiger partial charge in [0.25, 0.3) is 0 Å². The second kappa shape index (κ2) is 9.11. The first kappa shape index (κ1) is 22.8. The number of aliphatic hydroxyl groups excluding tert-OH is 1. The molecule has 1 heterocycles. The van der Waals surface area contributed by atoms with Crippen molar-refractivity contribution in [1.29, 1.82) is 0 Å². The van der Waals surface area contributed by atoms with E-state index in [4.69, 9.17) is 9.47 Å². The van der Waals surface area contributed by atoms with Gasteiger partial charge in [-0.3, -0.25) is 9.59 Å². The van der Waals surface area contributed by atoms with Crippen LogP contribution >= 0.6 is 0 Å². The molecule has 0 aromatic heterocycles. The fraction of sp³-hybridized carbons (Fsp3) is 0.800. The van der Waals surface area contributed by atoms with Gasteiger partial charge in [0.2, 0.25) is 0 Å². The highest BCUT2D eigenvalue weighted by Gasteiger charge is 2.38. The number of esters is 1. The summed E-state index contributed by atoms with van der Waals surface area (Å²) >= 11 is 0. The molecule has 1 aliphatic heterocycles. The maximum atomic E-state index is 12.4. The van der Waals surface area contributed by atoms with E-state index in [1.165, 1.54) is 19.1 Å². The zero-order valence-corrected chi connectivity index (χ0v) is 16.9. The van der Waals surface area contributed by atoms with Crippen LogP contribution in [0.2, 0.25) is 0 Å². The summed E-state index contributed by atoms with van der Waals surface area (Å²) in [6.07, 6.45) is 1.18. The maximum absolute atomic E-state index is 12.4. The van der Waals surface area contributed by atoms with Crippen molar-refractivity contribution < 1.29 is 29.3 Å². The number of carbonyl (C=O) groups excluding carboxylic acids is 2. The van der Waals surface area contributed by atoms with E-state index in [0.29, 0.717) is 6.42 Å². The van der Waals surface area contributed by atoms with E-state index in [0.717, 1.165) is 0 Å². The molecule has 0 aromatic rings. The second-order valence-electron chi connectivity index (χ2n) is 7.99. The highest BCUT2D eigenvalue weighted by molar-refractivity contribution is 5.91. The van der Waals surface area contributed by atoms with Crippen molar-refractivity contribution in [2.75, 3.05) is 7.11 Å². The van der Waals surface area contributed by atoms with Crippen molar-refractivity contribution in [2.45, 2.75) is 71.9 Å². The Balaban J connectivity index is 3.24. The first-order valence-corrected chi connectivity index (χ1v) is 9.29. The quantitative estimate of drug-likeness (QED) is 0.687. The van der Waals surface area contributed by atoms with Crippen LogP contribution in [0.4, 0.5) is 0 Å². The molecule has 0 aliphatic carbocycles. The molecule has 1 rings (SSSR count). The first-order valence-electron chi connectivity index (χ1n) is 9.29. The van der Waals surface area contributed by atoms with Gasteiger partial charge in [-0.25, -0.2) is 0 Å². The van der Waals surface area contributed by atoms with Crippen LogP contribution in [0.25, 0.3) is 0 Å². The molecule has 150 valence electrons. The van der Waals surface area contributed by atoms with Crippen LogP contribution in [-0.2, 0) is 19.1 Å². The predicted octanol–water partition coefficient (Wildman–Crippen LogP) is 2.12. The Morgan fingerprint density at radius 1 is 1.19 bits per heavy atom. The third-order valence-electron chi connectivity index (χ3n) is 5.69. The summed E-state index contributed by atoms with van der Waals surface area (Å²) in [4.78, 5) is 24.8. The van der Waals surface area contributed by atoms with Crippen molar-refractivity contribution >= 4 is 11.8 Å². The Labute approximate surface area is 156 Å². The van der Waals surface area contributed by atoms with E-state index in [1.807, 2.05) is 20.8 Å². The van der Waals surface area contributed by atoms with Gasteiger partial charge >= 0.3 is 5.97 Å². The zero-order chi connectivity index (χ0) is 20.2. The molecule has 1 aliphatic rings. The minimum Gasteiger partial charge on any atom is -0.459 e. The molecule has 6 heteroatoms. The lowest BCUT2D eigenvalue weighted by molar-refractivity contribution is -0.168. The van der Waals surface area contributed by atoms with E-state index in [1.54, 1.807) is 21.0 Å². The van der Waals surface area contributed by atoms with Crippen LogP contribution in [0.3, 0.4) is 0 Å². The van der Waals surface area contributed by atoms with Gasteiger partial charge in [-0.15, -0.1) is 0 Å². The summed E-state index contributed by atoms with van der Waals surface area (Å²) in [7, 11) is 1.57. The normalized spacial score (nSPS) is 44.9. The molecule has 0 bridgehead atoms. The molecule has 26 heavy (non-hydrogen) atoms. The van der Waals surface area contributed by atoms with Gasteiger partial charge in [-0.1, -0.05) is 20.8 Å². The number of hydrogen-bond donors (Lipinski definition) is 2. The Morgan fingerprint density at radius 2 is 1.77 bits per heavy atom. The summed E-state index contributed by atoms with van der Waals surface area (Å²) in [6, 6.07) is 0. The molecule has 0 unspecified atom stereocenters. The van der Waals surface area contributed by atoms with Gasteiger partial charge in [0.15, 0.2) is 5.78 Å². The van der Waals surface area contributed by atoms with E-state index in [-0.39, 0.29) is 29.6 Å². The lowest BCUT2D eigenvalue weighted by Gasteiger charge is -2.35. The van der Waals surface area contributed by atoms with Gasteiger partial charge in [0, 0.05) is 18.9 Å². The minimum atomic E-state index is -1.48. The lowest BCUT2D eigenvalue weighted by atomic mass is 9.80. The first-order chi connectivity index (χ1) is 11.9. The SMILES string of the molecule is CO[C@@H]1[C@@H](C)[C@H](O)[C@@H](C)C(=O)O[C@H](C)[C@@](C)(O)/C=C/C(=O)[C@H](C)C[C@@H]1C. The van der Waals surface area contributed by atoms with Crippen molar-refractivity contribution in [3.05, 3.63) is 12.2 Å². The van der Waals surface area contributed by atoms with Crippen molar-refractivity contribution in [2.24, 2.45) is 23.7 Å². The Hall–Kier alpha value is -1.24. The smallest absolute Gasteiger partial charge is 0.311 e. The lowest BCUT2D eigenvalue weighted by Crippen LogP contribution is -2.45. The van der Waals surface area contributed by atoms with E-state index in [9.17, 15) is 19.8 Å². The molecule has 0 saturated carbocycles. The third-order valence-corrected chi connectivity index (χ3v) is 5.69. The predicted molar refractivity (Wildman–Crippen MR) is 98.4 cm³/mol. The Bertz CT molecular complexity index is 526. The number of hydrogen-bond acceptors (Lipinski definition) is 6. The van der Waals surface area contributed by atoms with Crippen LogP contribution in [0.5, 0.6) is 0 Å². The van der Waals surface area contributed by atoms with Gasteiger partial charge in [-0.05, 0) is 45.3 Å². The minimum absolute atomic E-state index is 0.00240. The molecule has 6 nitrogen and oxygen atoms in total. The van der Waals surface area contributed by atoms with Crippen molar-refractivity contribution in [1.82, 2.24) is 0 Å². The second-order valence-corrected chi connectivity index (χ2v) is 7.99. The number of methoxy groups -OCH3 is 1. The van der Waals surface area contributed by atoms with E-state index in [2.05, 4.69) is 0 Å². The monoisotopic (exact) mass is 370 g/mol. The molecule has 2 N–H and O–H groups in total. The standard InChI is InChI=1S/C20H34O6/c1-11-10-12(2)18(25-7)13(3)17(22)14(4)19(23)26-15(5)20(6,24)9-8-16(11)21/h8-9,11-15,17-18,22,24H,10H2,1-7H3/b9-8+/t11-,12+,13+,14-,15-,17+,18+,20+/m1/s1. The van der Waals surface area contributed by atoms with Crippen molar-refractivity contribution in [3.63, 3.8) is 0 Å². The topological polar surface area (TPSA) is 93.1 Å². The molecule has 8 atom stereocenters. The number of allylic oxidation sites excluding steroid dienone is 1. The van der Waals surface area contributed by atoms with Crippen LogP contribution in [0.1, 0.15) is 48.0 Å². The molecule has 0 fully saturated rings. The summed E-state index contributed by atoms with van der Waals surface area (Å²) < 4.78 is 10.9. The fourth-order valence-corrected chi connectivity index (χ4v) is 3.51. The van der Waals surface area contributed by atoms with Gasteiger partial charge in [0.05, 0.1) is 18.1 Å². The number of rotatable bonds is 1. The molecule has 0 aromatic carbocycles. The maximum Gasteiger partial charge on any atom is 0.311 e. The van der Waals surface area contributed by atoms with Crippen LogP contribution < -0.4 is 0 Å². The highest BCUT2D eigenvalue weighted by Crippen LogP contribution is 2.29. The average Bonchev–Trinajstić information content (AvgIpc) is 2.57. The number of ketones is 1. The summed E-state index contributed by atoms with van der Waals surface area (Å²) in [5.41, 5.74) is -1.48. The Morgan fingerprint density at radius 3 is 2.31 bits per heavy atom. The van der Waals surface area contributed by atoms with Crippen LogP contribution in [0.15, 0.2) is 12.2 Å². The summed E-state index contributed by atoms with van der Waals surface area (Å²) in [5, 5.41) is 21.2. The van der Waals surface area contributed by atoms with E-state index < -0.39 is 29.7 Å². The molecule has 0 spiro atoms. The largest absolute Gasteiger partial charge is 0.459 e. The van der Waals surface area contributed by atoms with E-state index >= 15 is 0 Å². The van der Waals surface area contributed by atoms with Crippen LogP contribution in [0, 0.1) is 23.7 Å². The van der Waals surface area contributed by atoms with Gasteiger partial charge in [0.1, 0.15) is 11.7 Å². The summed E-state index contributed by atoms with van der Waals surface area (Å²) in [5.74, 6) is -2.04. The van der Waals surface area contributed by atoms with Crippen LogP contribution in [-0.4, -0.2) is 53.0 Å². The average molecular weight is 370 g/mol. The summed E-state index contributed by atoms with van der Waals surface area (Å²) in [6.45, 7) is 10.3. The Kier molecular flexibility index (Phi) is 7.99. The highest BCUT2D eigenvalue weighted by atomic mass is 16.6. The molecular formula is C20H34O6. The number of aliphatic hydroxyl groups is 2. The molecular weight excluding hydrogens is 336 g/mol. The van der Waals surface area contributed by atoms with Gasteiger partial charge < -0.3 is 19.7 Å². The van der Waals surface area contributed by atoms with Gasteiger partial charge in [-0.2, -0.15) is 0 Å². The van der Waals surface area contributed by atoms with Crippen molar-refractivity contribution in [3.8, 4) is 0 Å². The number of cyclic esters (lactones) is 1. The number of ether oxygens (including phenoxy) is 2. The third kappa shape index (κ3) is 5.38. The zero-order valence-electron chi connectivity index (χ0n) is 16.9.